The fourth-order valence-corrected chi connectivity index (χ4v) is 2.91. The molecule has 0 radical (unpaired) electrons. The molecule has 0 bridgehead atoms. The molecule has 1 aliphatic rings. The van der Waals surface area contributed by atoms with E-state index in [0.29, 0.717) is 19.8 Å². The molecule has 0 saturated carbocycles. The lowest BCUT2D eigenvalue weighted by molar-refractivity contribution is -0.126. The van der Waals surface area contributed by atoms with Crippen molar-refractivity contribution in [2.75, 3.05) is 6.61 Å². The Morgan fingerprint density at radius 3 is 2.12 bits per heavy atom. The van der Waals surface area contributed by atoms with E-state index in [0.717, 1.165) is 11.1 Å². The van der Waals surface area contributed by atoms with Gasteiger partial charge in [-0.3, -0.25) is 0 Å². The summed E-state index contributed by atoms with van der Waals surface area (Å²) < 4.78 is 17.4. The largest absolute Gasteiger partial charge is 0.374 e. The van der Waals surface area contributed by atoms with E-state index in [2.05, 4.69) is 0 Å². The predicted octanol–water partition coefficient (Wildman–Crippen LogP) is 3.14. The zero-order valence-electron chi connectivity index (χ0n) is 13.9. The van der Waals surface area contributed by atoms with Crippen LogP contribution in [0.25, 0.3) is 0 Å². The van der Waals surface area contributed by atoms with Gasteiger partial charge in [-0.15, -0.1) is 0 Å². The van der Waals surface area contributed by atoms with Crippen molar-refractivity contribution < 1.29 is 19.3 Å². The molecule has 0 aromatic heterocycles. The highest BCUT2D eigenvalue weighted by atomic mass is 16.6. The van der Waals surface area contributed by atoms with Crippen LogP contribution in [0.3, 0.4) is 0 Å². The van der Waals surface area contributed by atoms with Crippen LogP contribution in [0, 0.1) is 5.92 Å². The number of benzene rings is 2. The average molecular weight is 328 g/mol. The van der Waals surface area contributed by atoms with Crippen molar-refractivity contribution in [3.8, 4) is 0 Å². The van der Waals surface area contributed by atoms with Crippen molar-refractivity contribution in [2.45, 2.75) is 38.6 Å². The van der Waals surface area contributed by atoms with Gasteiger partial charge in [-0.05, 0) is 11.1 Å². The van der Waals surface area contributed by atoms with Gasteiger partial charge >= 0.3 is 0 Å². The smallest absolute Gasteiger partial charge is 0.160 e. The van der Waals surface area contributed by atoms with E-state index in [9.17, 15) is 5.11 Å². The van der Waals surface area contributed by atoms with Crippen molar-refractivity contribution in [3.63, 3.8) is 0 Å². The van der Waals surface area contributed by atoms with Gasteiger partial charge in [0, 0.05) is 5.92 Å². The van der Waals surface area contributed by atoms with Crippen molar-refractivity contribution in [2.24, 2.45) is 5.92 Å². The Morgan fingerprint density at radius 2 is 1.50 bits per heavy atom. The standard InChI is InChI=1S/C20H24O4/c1-15-19(23-13-17-10-6-3-7-11-17)18(24-20(15)21)14-22-12-16-8-4-2-5-9-16/h2-11,15,18-21H,12-14H2,1H3/t15-,18+,19-,20?/m0/s1. The topological polar surface area (TPSA) is 47.9 Å². The summed E-state index contributed by atoms with van der Waals surface area (Å²) >= 11 is 0. The Balaban J connectivity index is 1.52. The van der Waals surface area contributed by atoms with Gasteiger partial charge in [0.15, 0.2) is 6.29 Å². The molecule has 4 nitrogen and oxygen atoms in total. The summed E-state index contributed by atoms with van der Waals surface area (Å²) in [7, 11) is 0. The SMILES string of the molecule is C[C@@H]1C(O)O[C@H](COCc2ccccc2)[C@H]1OCc1ccccc1. The first-order valence-corrected chi connectivity index (χ1v) is 8.35. The molecular weight excluding hydrogens is 304 g/mol. The fourth-order valence-electron chi connectivity index (χ4n) is 2.91. The van der Waals surface area contributed by atoms with Crippen LogP contribution < -0.4 is 0 Å². The number of aliphatic hydroxyl groups excluding tert-OH is 1. The fraction of sp³-hybridized carbons (Fsp3) is 0.400. The minimum Gasteiger partial charge on any atom is -0.374 e. The minimum atomic E-state index is -0.809. The number of hydrogen-bond acceptors (Lipinski definition) is 4. The third kappa shape index (κ3) is 4.42. The molecule has 2 aromatic rings. The molecule has 0 aliphatic carbocycles. The quantitative estimate of drug-likeness (QED) is 0.848. The molecular formula is C20H24O4. The van der Waals surface area contributed by atoms with Crippen LogP contribution in [0.5, 0.6) is 0 Å². The third-order valence-electron chi connectivity index (χ3n) is 4.33. The van der Waals surface area contributed by atoms with Crippen molar-refractivity contribution >= 4 is 0 Å². The van der Waals surface area contributed by atoms with Gasteiger partial charge in [-0.1, -0.05) is 67.6 Å². The van der Waals surface area contributed by atoms with E-state index in [1.807, 2.05) is 67.6 Å². The first-order valence-electron chi connectivity index (χ1n) is 8.35. The van der Waals surface area contributed by atoms with Crippen LogP contribution in [0.1, 0.15) is 18.1 Å². The molecule has 1 fully saturated rings. The molecule has 0 amide bonds. The molecule has 3 rings (SSSR count). The van der Waals surface area contributed by atoms with E-state index in [1.54, 1.807) is 0 Å². The van der Waals surface area contributed by atoms with Crippen LogP contribution in [-0.2, 0) is 27.4 Å². The molecule has 2 aromatic carbocycles. The van der Waals surface area contributed by atoms with Gasteiger partial charge in [0.05, 0.1) is 25.9 Å². The molecule has 1 aliphatic heterocycles. The summed E-state index contributed by atoms with van der Waals surface area (Å²) in [4.78, 5) is 0. The lowest BCUT2D eigenvalue weighted by Gasteiger charge is -2.21. The van der Waals surface area contributed by atoms with E-state index in [4.69, 9.17) is 14.2 Å². The zero-order valence-corrected chi connectivity index (χ0v) is 13.9. The Labute approximate surface area is 143 Å². The Bertz CT molecular complexity index is 602. The summed E-state index contributed by atoms with van der Waals surface area (Å²) in [6, 6.07) is 20.0. The second kappa shape index (κ2) is 8.40. The molecule has 24 heavy (non-hydrogen) atoms. The Kier molecular flexibility index (Phi) is 5.99. The van der Waals surface area contributed by atoms with Gasteiger partial charge in [0.1, 0.15) is 6.10 Å². The summed E-state index contributed by atoms with van der Waals surface area (Å²) in [6.45, 7) is 3.37. The number of ether oxygens (including phenoxy) is 3. The maximum absolute atomic E-state index is 9.99. The highest BCUT2D eigenvalue weighted by Crippen LogP contribution is 2.29. The second-order valence-corrected chi connectivity index (χ2v) is 6.19. The minimum absolute atomic E-state index is 0.0842. The average Bonchev–Trinajstić information content (AvgIpc) is 2.89. The monoisotopic (exact) mass is 328 g/mol. The highest BCUT2D eigenvalue weighted by molar-refractivity contribution is 5.14. The van der Waals surface area contributed by atoms with E-state index < -0.39 is 6.29 Å². The van der Waals surface area contributed by atoms with Crippen molar-refractivity contribution in [1.29, 1.82) is 0 Å². The van der Waals surface area contributed by atoms with Crippen molar-refractivity contribution in [3.05, 3.63) is 71.8 Å². The third-order valence-corrected chi connectivity index (χ3v) is 4.33. The van der Waals surface area contributed by atoms with Gasteiger partial charge in [0.25, 0.3) is 0 Å². The van der Waals surface area contributed by atoms with E-state index in [-0.39, 0.29) is 18.1 Å². The second-order valence-electron chi connectivity index (χ2n) is 6.19. The van der Waals surface area contributed by atoms with Crippen LogP contribution in [0.15, 0.2) is 60.7 Å². The van der Waals surface area contributed by atoms with Gasteiger partial charge in [0.2, 0.25) is 0 Å². The van der Waals surface area contributed by atoms with E-state index in [1.165, 1.54) is 0 Å². The normalized spacial score (nSPS) is 26.6. The number of rotatable bonds is 7. The Hall–Kier alpha value is -1.72. The van der Waals surface area contributed by atoms with Gasteiger partial charge in [-0.25, -0.2) is 0 Å². The molecule has 1 heterocycles. The maximum Gasteiger partial charge on any atom is 0.160 e. The molecule has 128 valence electrons. The highest BCUT2D eigenvalue weighted by Gasteiger charge is 2.41. The van der Waals surface area contributed by atoms with Gasteiger partial charge in [-0.2, -0.15) is 0 Å². The van der Waals surface area contributed by atoms with Crippen molar-refractivity contribution in [1.82, 2.24) is 0 Å². The first kappa shape index (κ1) is 17.1. The van der Waals surface area contributed by atoms with Crippen LogP contribution in [-0.4, -0.2) is 30.2 Å². The molecule has 1 saturated heterocycles. The molecule has 4 heteroatoms. The van der Waals surface area contributed by atoms with E-state index >= 15 is 0 Å². The summed E-state index contributed by atoms with van der Waals surface area (Å²) in [5.41, 5.74) is 2.22. The lowest BCUT2D eigenvalue weighted by Crippen LogP contribution is -2.32. The molecule has 4 atom stereocenters. The molecule has 1 N–H and O–H groups in total. The summed E-state index contributed by atoms with van der Waals surface area (Å²) in [5.74, 6) is -0.0842. The Morgan fingerprint density at radius 1 is 0.917 bits per heavy atom. The van der Waals surface area contributed by atoms with Crippen LogP contribution in [0.2, 0.25) is 0 Å². The first-order chi connectivity index (χ1) is 11.7. The van der Waals surface area contributed by atoms with Gasteiger partial charge < -0.3 is 19.3 Å². The number of hydrogen-bond donors (Lipinski definition) is 1. The lowest BCUT2D eigenvalue weighted by atomic mass is 10.0. The summed E-state index contributed by atoms with van der Waals surface area (Å²) in [6.07, 6.45) is -1.26. The molecule has 1 unspecified atom stereocenters. The van der Waals surface area contributed by atoms with Crippen LogP contribution >= 0.6 is 0 Å². The zero-order chi connectivity index (χ0) is 16.8. The predicted molar refractivity (Wildman–Crippen MR) is 91.2 cm³/mol. The maximum atomic E-state index is 9.99. The summed E-state index contributed by atoms with van der Waals surface area (Å²) in [5, 5.41) is 9.99. The molecule has 0 spiro atoms. The number of aliphatic hydroxyl groups is 1. The van der Waals surface area contributed by atoms with Crippen LogP contribution in [0.4, 0.5) is 0 Å².